The molecule has 1 aromatic heterocycles. The third kappa shape index (κ3) is 2.18. The fourth-order valence-electron chi connectivity index (χ4n) is 2.74. The van der Waals surface area contributed by atoms with Crippen LogP contribution in [0.25, 0.3) is 11.0 Å². The summed E-state index contributed by atoms with van der Waals surface area (Å²) in [6.45, 7) is 3.10. The quantitative estimate of drug-likeness (QED) is 0.784. The summed E-state index contributed by atoms with van der Waals surface area (Å²) >= 11 is 5.37. The normalized spacial score (nSPS) is 19.1. The number of fused-ring (bicyclic) bond motifs is 1. The summed E-state index contributed by atoms with van der Waals surface area (Å²) in [7, 11) is 1.87. The molecule has 2 N–H and O–H groups in total. The third-order valence-corrected chi connectivity index (χ3v) is 4.14. The minimum atomic E-state index is 0.271. The molecule has 1 aliphatic rings. The van der Waals surface area contributed by atoms with Crippen LogP contribution >= 0.6 is 12.2 Å². The van der Waals surface area contributed by atoms with Gasteiger partial charge in [0.05, 0.1) is 17.1 Å². The zero-order valence-corrected chi connectivity index (χ0v) is 12.0. The molecule has 0 radical (unpaired) electrons. The van der Waals surface area contributed by atoms with Crippen molar-refractivity contribution in [3.05, 3.63) is 29.6 Å². The highest BCUT2D eigenvalue weighted by Gasteiger charge is 2.29. The molecule has 1 atom stereocenters. The SMILES string of the molecule is CNC(=S)N1CCCC1c1nc2ccc(C)cc2[nH]1. The molecule has 0 spiro atoms. The van der Waals surface area contributed by atoms with Gasteiger partial charge in [0.2, 0.25) is 0 Å². The van der Waals surface area contributed by atoms with Crippen LogP contribution in [0.15, 0.2) is 18.2 Å². The minimum Gasteiger partial charge on any atom is -0.366 e. The lowest BCUT2D eigenvalue weighted by Crippen LogP contribution is -2.37. The second-order valence-corrected chi connectivity index (χ2v) is 5.44. The van der Waals surface area contributed by atoms with Gasteiger partial charge in [0, 0.05) is 13.6 Å². The van der Waals surface area contributed by atoms with Crippen LogP contribution in [0.2, 0.25) is 0 Å². The van der Waals surface area contributed by atoms with E-state index < -0.39 is 0 Å². The van der Waals surface area contributed by atoms with Crippen LogP contribution in [0.4, 0.5) is 0 Å². The van der Waals surface area contributed by atoms with Gasteiger partial charge in [0.15, 0.2) is 5.11 Å². The lowest BCUT2D eigenvalue weighted by molar-refractivity contribution is 0.383. The summed E-state index contributed by atoms with van der Waals surface area (Å²) in [6, 6.07) is 6.58. The van der Waals surface area contributed by atoms with Crippen LogP contribution in [0, 0.1) is 6.92 Å². The molecule has 1 fully saturated rings. The van der Waals surface area contributed by atoms with E-state index >= 15 is 0 Å². The molecule has 1 aliphatic heterocycles. The largest absolute Gasteiger partial charge is 0.366 e. The zero-order valence-electron chi connectivity index (χ0n) is 11.2. The molecule has 0 aliphatic carbocycles. The first kappa shape index (κ1) is 12.4. The van der Waals surface area contributed by atoms with Crippen molar-refractivity contribution in [1.82, 2.24) is 20.2 Å². The molecule has 0 saturated carbocycles. The van der Waals surface area contributed by atoms with Gasteiger partial charge in [-0.3, -0.25) is 0 Å². The summed E-state index contributed by atoms with van der Waals surface area (Å²) in [6.07, 6.45) is 2.25. The van der Waals surface area contributed by atoms with Crippen molar-refractivity contribution in [3.63, 3.8) is 0 Å². The van der Waals surface area contributed by atoms with E-state index in [9.17, 15) is 0 Å². The van der Waals surface area contributed by atoms with Crippen molar-refractivity contribution in [2.45, 2.75) is 25.8 Å². The lowest BCUT2D eigenvalue weighted by atomic mass is 10.2. The van der Waals surface area contributed by atoms with E-state index in [1.54, 1.807) is 0 Å². The number of nitrogens with one attached hydrogen (secondary N) is 2. The third-order valence-electron chi connectivity index (χ3n) is 3.70. The highest BCUT2D eigenvalue weighted by molar-refractivity contribution is 7.80. The van der Waals surface area contributed by atoms with Crippen molar-refractivity contribution in [1.29, 1.82) is 0 Å². The van der Waals surface area contributed by atoms with Crippen LogP contribution in [0.1, 0.15) is 30.3 Å². The molecule has 1 aromatic carbocycles. The second kappa shape index (κ2) is 4.81. The molecule has 4 nitrogen and oxygen atoms in total. The average Bonchev–Trinajstić information content (AvgIpc) is 3.02. The molecule has 3 rings (SSSR count). The van der Waals surface area contributed by atoms with Gasteiger partial charge < -0.3 is 15.2 Å². The molecular formula is C14H18N4S. The number of thiocarbonyl (C=S) groups is 1. The van der Waals surface area contributed by atoms with E-state index in [0.29, 0.717) is 0 Å². The standard InChI is InChI=1S/C14H18N4S/c1-9-5-6-10-11(8-9)17-13(16-10)12-4-3-7-18(12)14(19)15-2/h5-6,8,12H,3-4,7H2,1-2H3,(H,15,19)(H,16,17). The Hall–Kier alpha value is -1.62. The van der Waals surface area contributed by atoms with Crippen LogP contribution in [-0.2, 0) is 0 Å². The number of benzene rings is 1. The number of aromatic nitrogens is 2. The fraction of sp³-hybridized carbons (Fsp3) is 0.429. The number of H-pyrrole nitrogens is 1. The van der Waals surface area contributed by atoms with Gasteiger partial charge >= 0.3 is 0 Å². The number of rotatable bonds is 1. The smallest absolute Gasteiger partial charge is 0.169 e. The van der Waals surface area contributed by atoms with Gasteiger partial charge in [-0.05, 0) is 49.7 Å². The summed E-state index contributed by atoms with van der Waals surface area (Å²) in [5.74, 6) is 1.02. The first-order chi connectivity index (χ1) is 9.19. The summed E-state index contributed by atoms with van der Waals surface area (Å²) in [5, 5.41) is 3.87. The predicted molar refractivity (Wildman–Crippen MR) is 81.2 cm³/mol. The monoisotopic (exact) mass is 274 g/mol. The van der Waals surface area contributed by atoms with Crippen LogP contribution in [0.3, 0.4) is 0 Å². The van der Waals surface area contributed by atoms with E-state index in [4.69, 9.17) is 17.2 Å². The molecule has 1 saturated heterocycles. The lowest BCUT2D eigenvalue weighted by Gasteiger charge is -2.25. The van der Waals surface area contributed by atoms with E-state index in [1.165, 1.54) is 5.56 Å². The maximum atomic E-state index is 5.37. The summed E-state index contributed by atoms with van der Waals surface area (Å²) in [5.41, 5.74) is 3.39. The molecule has 0 amide bonds. The second-order valence-electron chi connectivity index (χ2n) is 5.05. The fourth-order valence-corrected chi connectivity index (χ4v) is 2.96. The Balaban J connectivity index is 1.97. The van der Waals surface area contributed by atoms with Gasteiger partial charge in [0.1, 0.15) is 5.82 Å². The highest BCUT2D eigenvalue weighted by Crippen LogP contribution is 2.31. The number of hydrogen-bond donors (Lipinski definition) is 2. The Morgan fingerprint density at radius 1 is 1.53 bits per heavy atom. The maximum Gasteiger partial charge on any atom is 0.169 e. The Labute approximate surface area is 118 Å². The molecular weight excluding hydrogens is 256 g/mol. The van der Waals surface area contributed by atoms with E-state index in [1.807, 2.05) is 7.05 Å². The van der Waals surface area contributed by atoms with Gasteiger partial charge in [0.25, 0.3) is 0 Å². The van der Waals surface area contributed by atoms with Gasteiger partial charge in [-0.15, -0.1) is 0 Å². The molecule has 2 heterocycles. The number of aryl methyl sites for hydroxylation is 1. The number of imidazole rings is 1. The van der Waals surface area contributed by atoms with Gasteiger partial charge in [-0.1, -0.05) is 6.07 Å². The number of hydrogen-bond acceptors (Lipinski definition) is 2. The molecule has 1 unspecified atom stereocenters. The highest BCUT2D eigenvalue weighted by atomic mass is 32.1. The summed E-state index contributed by atoms with van der Waals surface area (Å²) < 4.78 is 0. The van der Waals surface area contributed by atoms with Crippen LogP contribution < -0.4 is 5.32 Å². The van der Waals surface area contributed by atoms with Crippen molar-refractivity contribution in [3.8, 4) is 0 Å². The van der Waals surface area contributed by atoms with E-state index in [2.05, 4.69) is 40.3 Å². The summed E-state index contributed by atoms with van der Waals surface area (Å²) in [4.78, 5) is 10.4. The van der Waals surface area contributed by atoms with Gasteiger partial charge in [-0.2, -0.15) is 0 Å². The van der Waals surface area contributed by atoms with Crippen molar-refractivity contribution < 1.29 is 0 Å². The topological polar surface area (TPSA) is 44.0 Å². The predicted octanol–water partition coefficient (Wildman–Crippen LogP) is 2.51. The molecule has 100 valence electrons. The Kier molecular flexibility index (Phi) is 3.14. The van der Waals surface area contributed by atoms with E-state index in [0.717, 1.165) is 41.4 Å². The number of nitrogens with zero attached hydrogens (tertiary/aromatic N) is 2. The van der Waals surface area contributed by atoms with Crippen LogP contribution in [-0.4, -0.2) is 33.6 Å². The van der Waals surface area contributed by atoms with Gasteiger partial charge in [-0.25, -0.2) is 4.98 Å². The first-order valence-electron chi connectivity index (χ1n) is 6.63. The molecule has 0 bridgehead atoms. The van der Waals surface area contributed by atoms with Crippen LogP contribution in [0.5, 0.6) is 0 Å². The molecule has 19 heavy (non-hydrogen) atoms. The number of aromatic amines is 1. The Morgan fingerprint density at radius 3 is 3.16 bits per heavy atom. The number of likely N-dealkylation sites (tertiary alicyclic amines) is 1. The average molecular weight is 274 g/mol. The van der Waals surface area contributed by atoms with Crippen molar-refractivity contribution in [2.75, 3.05) is 13.6 Å². The Morgan fingerprint density at radius 2 is 2.37 bits per heavy atom. The minimum absolute atomic E-state index is 0.271. The Bertz CT molecular complexity index is 619. The van der Waals surface area contributed by atoms with Crippen molar-refractivity contribution >= 4 is 28.4 Å². The molecule has 5 heteroatoms. The maximum absolute atomic E-state index is 5.37. The first-order valence-corrected chi connectivity index (χ1v) is 7.04. The van der Waals surface area contributed by atoms with Crippen molar-refractivity contribution in [2.24, 2.45) is 0 Å². The molecule has 2 aromatic rings. The van der Waals surface area contributed by atoms with E-state index in [-0.39, 0.29) is 6.04 Å². The zero-order chi connectivity index (χ0) is 13.4.